The van der Waals surface area contributed by atoms with Gasteiger partial charge in [0.05, 0.1) is 0 Å². The highest BCUT2D eigenvalue weighted by molar-refractivity contribution is 6.30. The van der Waals surface area contributed by atoms with Gasteiger partial charge in [-0.2, -0.15) is 0 Å². The largest absolute Gasteiger partial charge is 0.478 e. The predicted molar refractivity (Wildman–Crippen MR) is 262 cm³/mol. The Balaban J connectivity index is 1.32. The van der Waals surface area contributed by atoms with E-state index < -0.39 is 5.60 Å². The zero-order valence-electron chi connectivity index (χ0n) is 38.3. The van der Waals surface area contributed by atoms with Crippen molar-refractivity contribution in [3.63, 3.8) is 0 Å². The summed E-state index contributed by atoms with van der Waals surface area (Å²) in [5.74, 6) is 0.305. The van der Waals surface area contributed by atoms with Gasteiger partial charge in [-0.3, -0.25) is 19.3 Å². The van der Waals surface area contributed by atoms with Crippen LogP contribution in [-0.2, 0) is 16.0 Å². The van der Waals surface area contributed by atoms with E-state index in [1.807, 2.05) is 24.3 Å². The van der Waals surface area contributed by atoms with Crippen LogP contribution in [0, 0.1) is 0 Å². The highest BCUT2D eigenvalue weighted by atomic mass is 35.5. The van der Waals surface area contributed by atoms with Gasteiger partial charge in [0.25, 0.3) is 11.8 Å². The van der Waals surface area contributed by atoms with E-state index in [2.05, 4.69) is 111 Å². The van der Waals surface area contributed by atoms with Crippen LogP contribution in [0.5, 0.6) is 5.75 Å². The predicted octanol–water partition coefficient (Wildman–Crippen LogP) is 8.78. The number of nitrogens with zero attached hydrogens (tertiary/aromatic N) is 2. The number of piperazine rings is 1. The normalized spacial score (nSPS) is 14.0. The lowest BCUT2D eigenvalue weighted by molar-refractivity contribution is -0.134. The third-order valence-corrected chi connectivity index (χ3v) is 10.7. The van der Waals surface area contributed by atoms with Crippen LogP contribution >= 0.6 is 11.6 Å². The maximum absolute atomic E-state index is 13.3. The van der Waals surface area contributed by atoms with Crippen LogP contribution in [0.1, 0.15) is 94.5 Å². The molecule has 1 heterocycles. The van der Waals surface area contributed by atoms with Crippen molar-refractivity contribution in [3.8, 4) is 5.75 Å². The number of hydrogen-bond donors (Lipinski definition) is 4. The van der Waals surface area contributed by atoms with Gasteiger partial charge in [0.1, 0.15) is 5.75 Å². The zero-order chi connectivity index (χ0) is 45.2. The number of benzene rings is 2. The first-order valence-electron chi connectivity index (χ1n) is 23.1. The van der Waals surface area contributed by atoms with Crippen molar-refractivity contribution >= 4 is 29.3 Å². The lowest BCUT2D eigenvalue weighted by Gasteiger charge is -2.29. The maximum atomic E-state index is 13.3. The summed E-state index contributed by atoms with van der Waals surface area (Å²) in [4.78, 5) is 43.1. The van der Waals surface area contributed by atoms with Gasteiger partial charge in [-0.1, -0.05) is 104 Å². The molecule has 3 amide bonds. The van der Waals surface area contributed by atoms with Crippen LogP contribution in [0.3, 0.4) is 0 Å². The van der Waals surface area contributed by atoms with Gasteiger partial charge in [0.2, 0.25) is 5.91 Å². The molecule has 11 heteroatoms. The quantitative estimate of drug-likeness (QED) is 0.0561. The molecular formula is C52H75ClN6O4. The van der Waals surface area contributed by atoms with Crippen molar-refractivity contribution in [1.29, 1.82) is 0 Å². The number of carbonyl (C=O) groups is 3. The average molecular weight is 884 g/mol. The van der Waals surface area contributed by atoms with Gasteiger partial charge < -0.3 is 30.9 Å². The number of carbonyl (C=O) groups excluding carboxylic acids is 3. The minimum atomic E-state index is -1.08. The molecule has 2 aromatic carbocycles. The molecule has 344 valence electrons. The van der Waals surface area contributed by atoms with E-state index in [0.29, 0.717) is 68.3 Å². The molecule has 4 N–H and O–H groups in total. The molecule has 1 aliphatic rings. The van der Waals surface area contributed by atoms with Crippen molar-refractivity contribution in [2.45, 2.75) is 90.6 Å². The Morgan fingerprint density at radius 1 is 0.714 bits per heavy atom. The summed E-state index contributed by atoms with van der Waals surface area (Å²) in [5, 5.41) is 13.1. The Hall–Kier alpha value is -4.74. The Kier molecular flexibility index (Phi) is 27.4. The number of amides is 3. The molecule has 0 bridgehead atoms. The molecular weight excluding hydrogens is 808 g/mol. The molecule has 0 saturated carbocycles. The van der Waals surface area contributed by atoms with Crippen molar-refractivity contribution in [1.82, 2.24) is 31.1 Å². The Morgan fingerprint density at radius 3 is 1.86 bits per heavy atom. The fourth-order valence-corrected chi connectivity index (χ4v) is 6.84. The molecule has 0 atom stereocenters. The fourth-order valence-electron chi connectivity index (χ4n) is 6.71. The Bertz CT molecular complexity index is 1760. The van der Waals surface area contributed by atoms with E-state index in [4.69, 9.17) is 16.3 Å². The summed E-state index contributed by atoms with van der Waals surface area (Å²) in [6, 6.07) is 14.4. The molecule has 63 heavy (non-hydrogen) atoms. The van der Waals surface area contributed by atoms with Gasteiger partial charge in [-0.05, 0) is 127 Å². The van der Waals surface area contributed by atoms with Gasteiger partial charge in [-0.25, -0.2) is 0 Å². The molecule has 1 fully saturated rings. The van der Waals surface area contributed by atoms with Gasteiger partial charge in [0, 0.05) is 75.9 Å². The SMILES string of the molecule is CC/C=C\C/C=C\C/C=C\C/C=C\C/C=C\C/C=C\CCC(=O)NCCN(CCCN1CCNCC1)CCNC(=O)C(C)(C)Oc1ccc(CCNC(=O)c2ccc(Cl)cc2)cc1. The number of hydrogen-bond acceptors (Lipinski definition) is 7. The van der Waals surface area contributed by atoms with E-state index in [1.54, 1.807) is 38.1 Å². The van der Waals surface area contributed by atoms with E-state index in [9.17, 15) is 14.4 Å². The van der Waals surface area contributed by atoms with Crippen LogP contribution in [0.15, 0.2) is 121 Å². The van der Waals surface area contributed by atoms with Crippen LogP contribution in [0.2, 0.25) is 5.02 Å². The van der Waals surface area contributed by atoms with Gasteiger partial charge in [-0.15, -0.1) is 0 Å². The van der Waals surface area contributed by atoms with Crippen molar-refractivity contribution in [3.05, 3.63) is 138 Å². The minimum absolute atomic E-state index is 0.0523. The molecule has 0 spiro atoms. The number of rotatable bonds is 31. The number of ether oxygens (including phenoxy) is 1. The topological polar surface area (TPSA) is 115 Å². The molecule has 2 aromatic rings. The molecule has 3 rings (SSSR count). The van der Waals surface area contributed by atoms with Gasteiger partial charge in [0.15, 0.2) is 5.60 Å². The summed E-state index contributed by atoms with van der Waals surface area (Å²) in [7, 11) is 0. The smallest absolute Gasteiger partial charge is 0.263 e. The second kappa shape index (κ2) is 32.9. The second-order valence-electron chi connectivity index (χ2n) is 16.1. The molecule has 1 saturated heterocycles. The van der Waals surface area contributed by atoms with Crippen LogP contribution < -0.4 is 26.0 Å². The summed E-state index contributed by atoms with van der Waals surface area (Å²) in [5.41, 5.74) is 0.521. The molecule has 10 nitrogen and oxygen atoms in total. The number of allylic oxidation sites excluding steroid dienone is 12. The minimum Gasteiger partial charge on any atom is -0.478 e. The molecule has 0 unspecified atom stereocenters. The maximum Gasteiger partial charge on any atom is 0.263 e. The van der Waals surface area contributed by atoms with Crippen LogP contribution in [0.25, 0.3) is 0 Å². The summed E-state index contributed by atoms with van der Waals surface area (Å²) in [6.07, 6.45) is 34.9. The average Bonchev–Trinajstić information content (AvgIpc) is 3.28. The highest BCUT2D eigenvalue weighted by Crippen LogP contribution is 2.20. The standard InChI is InChI=1S/C52H75ClN6O4/c1-4-5-6-7-8-9-10-11-12-13-14-15-16-17-18-19-20-21-22-24-49(60)55-37-43-59(40-23-39-58-41-35-54-36-42-58)44-38-57-51(62)52(2,3)63-48-31-25-45(26-32-48)33-34-56-50(61)46-27-29-47(53)30-28-46/h5-6,8-9,11-12,14-15,17-18,20-21,25-32,54H,4,7,10,13,16,19,22-24,33-44H2,1-3H3,(H,55,60)(H,56,61)(H,57,62)/b6-5-,9-8-,12-11-,15-14-,18-17-,21-20-. The fraction of sp³-hybridized carbons (Fsp3) is 0.481. The monoisotopic (exact) mass is 883 g/mol. The Morgan fingerprint density at radius 2 is 1.27 bits per heavy atom. The summed E-state index contributed by atoms with van der Waals surface area (Å²) in [6.45, 7) is 14.6. The molecule has 1 aliphatic heterocycles. The van der Waals surface area contributed by atoms with Crippen molar-refractivity contribution in [2.24, 2.45) is 0 Å². The highest BCUT2D eigenvalue weighted by Gasteiger charge is 2.29. The summed E-state index contributed by atoms with van der Waals surface area (Å²) < 4.78 is 6.13. The molecule has 0 radical (unpaired) electrons. The lowest BCUT2D eigenvalue weighted by Crippen LogP contribution is -2.49. The lowest BCUT2D eigenvalue weighted by atomic mass is 10.1. The van der Waals surface area contributed by atoms with Crippen LogP contribution in [0.4, 0.5) is 0 Å². The molecule has 0 aliphatic carbocycles. The number of halogens is 1. The zero-order valence-corrected chi connectivity index (χ0v) is 39.1. The number of nitrogens with one attached hydrogen (secondary N) is 4. The van der Waals surface area contributed by atoms with Crippen molar-refractivity contribution in [2.75, 3.05) is 72.0 Å². The Labute approximate surface area is 384 Å². The second-order valence-corrected chi connectivity index (χ2v) is 16.6. The summed E-state index contributed by atoms with van der Waals surface area (Å²) >= 11 is 5.92. The third-order valence-electron chi connectivity index (χ3n) is 10.4. The van der Waals surface area contributed by atoms with E-state index in [1.165, 1.54) is 0 Å². The first kappa shape index (κ1) is 52.6. The third kappa shape index (κ3) is 25.2. The van der Waals surface area contributed by atoms with E-state index >= 15 is 0 Å². The van der Waals surface area contributed by atoms with E-state index in [-0.39, 0.29) is 17.7 Å². The van der Waals surface area contributed by atoms with Crippen LogP contribution in [-0.4, -0.2) is 105 Å². The van der Waals surface area contributed by atoms with Gasteiger partial charge >= 0.3 is 0 Å². The first-order chi connectivity index (χ1) is 30.7. The first-order valence-corrected chi connectivity index (χ1v) is 23.5. The molecule has 0 aromatic heterocycles. The van der Waals surface area contributed by atoms with E-state index in [0.717, 1.165) is 89.8 Å². The van der Waals surface area contributed by atoms with Crippen molar-refractivity contribution < 1.29 is 19.1 Å².